The fraction of sp³-hybridized carbons (Fsp3) is 0.462. The van der Waals surface area contributed by atoms with E-state index in [0.29, 0.717) is 0 Å². The van der Waals surface area contributed by atoms with Crippen molar-refractivity contribution in [2.24, 2.45) is 5.73 Å². The van der Waals surface area contributed by atoms with E-state index in [-0.39, 0.29) is 12.6 Å². The van der Waals surface area contributed by atoms with Crippen molar-refractivity contribution in [2.45, 2.75) is 31.8 Å². The molecule has 0 aromatic heterocycles. The lowest BCUT2D eigenvalue weighted by molar-refractivity contribution is -0.204. The van der Waals surface area contributed by atoms with Gasteiger partial charge in [-0.3, -0.25) is 5.73 Å². The van der Waals surface area contributed by atoms with Crippen molar-refractivity contribution in [2.75, 3.05) is 11.4 Å². The van der Waals surface area contributed by atoms with Crippen molar-refractivity contribution in [1.82, 2.24) is 0 Å². The van der Waals surface area contributed by atoms with Crippen LogP contribution in [0.1, 0.15) is 12.5 Å². The Hall–Kier alpha value is -1.76. The number of esters is 1. The summed E-state index contributed by atoms with van der Waals surface area (Å²) in [4.78, 5) is 12.6. The fourth-order valence-electron chi connectivity index (χ4n) is 2.34. The Labute approximate surface area is 114 Å². The van der Waals surface area contributed by atoms with Crippen LogP contribution in [-0.2, 0) is 16.0 Å². The van der Waals surface area contributed by atoms with Crippen LogP contribution in [0, 0.1) is 0 Å². The molecule has 0 saturated heterocycles. The molecule has 2 unspecified atom stereocenters. The van der Waals surface area contributed by atoms with Gasteiger partial charge in [0.05, 0.1) is 6.54 Å². The summed E-state index contributed by atoms with van der Waals surface area (Å²) in [6, 6.07) is 7.68. The summed E-state index contributed by atoms with van der Waals surface area (Å²) in [5, 5.41) is 0. The van der Waals surface area contributed by atoms with E-state index in [1.165, 1.54) is 0 Å². The third-order valence-electron chi connectivity index (χ3n) is 3.21. The average Bonchev–Trinajstić information content (AvgIpc) is 2.65. The van der Waals surface area contributed by atoms with Crippen LogP contribution in [0.25, 0.3) is 0 Å². The lowest BCUT2D eigenvalue weighted by Gasteiger charge is -2.27. The van der Waals surface area contributed by atoms with Gasteiger partial charge in [-0.15, -0.1) is 0 Å². The van der Waals surface area contributed by atoms with E-state index in [2.05, 4.69) is 4.74 Å². The van der Waals surface area contributed by atoms with E-state index >= 15 is 0 Å². The SMILES string of the molecule is CC1Cc2ccccc2N1CC(N)OC(=O)C(F)(F)F. The maximum absolute atomic E-state index is 12.1. The third-order valence-corrected chi connectivity index (χ3v) is 3.21. The molecule has 110 valence electrons. The van der Waals surface area contributed by atoms with Crippen LogP contribution >= 0.6 is 0 Å². The molecule has 0 saturated carbocycles. The smallest absolute Gasteiger partial charge is 0.438 e. The summed E-state index contributed by atoms with van der Waals surface area (Å²) in [6.07, 6.45) is -5.56. The zero-order valence-corrected chi connectivity index (χ0v) is 10.9. The maximum atomic E-state index is 12.1. The summed E-state index contributed by atoms with van der Waals surface area (Å²) in [5.41, 5.74) is 7.51. The van der Waals surface area contributed by atoms with Crippen molar-refractivity contribution < 1.29 is 22.7 Å². The van der Waals surface area contributed by atoms with Gasteiger partial charge in [-0.25, -0.2) is 4.79 Å². The molecular weight excluding hydrogens is 273 g/mol. The van der Waals surface area contributed by atoms with Crippen LogP contribution < -0.4 is 10.6 Å². The van der Waals surface area contributed by atoms with Gasteiger partial charge in [0, 0.05) is 11.7 Å². The molecule has 2 rings (SSSR count). The molecule has 1 aliphatic rings. The van der Waals surface area contributed by atoms with Gasteiger partial charge in [0.2, 0.25) is 0 Å². The van der Waals surface area contributed by atoms with Crippen LogP contribution in [-0.4, -0.2) is 31.0 Å². The monoisotopic (exact) mass is 288 g/mol. The van der Waals surface area contributed by atoms with Gasteiger partial charge >= 0.3 is 12.1 Å². The van der Waals surface area contributed by atoms with E-state index in [4.69, 9.17) is 5.73 Å². The molecule has 20 heavy (non-hydrogen) atoms. The van der Waals surface area contributed by atoms with Crippen molar-refractivity contribution >= 4 is 11.7 Å². The number of alkyl halides is 3. The highest BCUT2D eigenvalue weighted by Gasteiger charge is 2.42. The molecule has 2 atom stereocenters. The number of nitrogens with zero attached hydrogens (tertiary/aromatic N) is 1. The summed E-state index contributed by atoms with van der Waals surface area (Å²) < 4.78 is 40.5. The Morgan fingerprint density at radius 2 is 2.15 bits per heavy atom. The second-order valence-corrected chi connectivity index (χ2v) is 4.78. The number of anilines is 1. The van der Waals surface area contributed by atoms with Crippen LogP contribution in [0.3, 0.4) is 0 Å². The molecular formula is C13H15F3N2O2. The number of fused-ring (bicyclic) bond motifs is 1. The molecule has 1 heterocycles. The summed E-state index contributed by atoms with van der Waals surface area (Å²) in [6.45, 7) is 1.97. The Morgan fingerprint density at radius 1 is 1.50 bits per heavy atom. The quantitative estimate of drug-likeness (QED) is 0.681. The lowest BCUT2D eigenvalue weighted by Crippen LogP contribution is -2.44. The molecule has 4 nitrogen and oxygen atoms in total. The maximum Gasteiger partial charge on any atom is 0.490 e. The Morgan fingerprint density at radius 3 is 2.80 bits per heavy atom. The van der Waals surface area contributed by atoms with Crippen LogP contribution in [0.5, 0.6) is 0 Å². The van der Waals surface area contributed by atoms with Crippen molar-refractivity contribution in [3.05, 3.63) is 29.8 Å². The van der Waals surface area contributed by atoms with Crippen molar-refractivity contribution in [1.29, 1.82) is 0 Å². The number of hydrogen-bond acceptors (Lipinski definition) is 4. The highest BCUT2D eigenvalue weighted by molar-refractivity contribution is 5.75. The first-order chi connectivity index (χ1) is 9.29. The largest absolute Gasteiger partial charge is 0.490 e. The number of ether oxygens (including phenoxy) is 1. The Balaban J connectivity index is 2.02. The number of carbonyl (C=O) groups excluding carboxylic acids is 1. The van der Waals surface area contributed by atoms with Gasteiger partial charge in [0.15, 0.2) is 6.23 Å². The van der Waals surface area contributed by atoms with E-state index in [1.54, 1.807) is 0 Å². The highest BCUT2D eigenvalue weighted by Crippen LogP contribution is 2.31. The number of hydrogen-bond donors (Lipinski definition) is 1. The zero-order valence-electron chi connectivity index (χ0n) is 10.9. The molecule has 0 bridgehead atoms. The molecule has 1 aliphatic heterocycles. The van der Waals surface area contributed by atoms with Gasteiger partial charge in [-0.1, -0.05) is 18.2 Å². The molecule has 0 aliphatic carbocycles. The highest BCUT2D eigenvalue weighted by atomic mass is 19.4. The minimum absolute atomic E-state index is 0.0278. The molecule has 2 N–H and O–H groups in total. The van der Waals surface area contributed by atoms with Crippen molar-refractivity contribution in [3.63, 3.8) is 0 Å². The zero-order chi connectivity index (χ0) is 14.9. The van der Waals surface area contributed by atoms with E-state index < -0.39 is 18.4 Å². The summed E-state index contributed by atoms with van der Waals surface area (Å²) in [7, 11) is 0. The fourth-order valence-corrected chi connectivity index (χ4v) is 2.34. The second-order valence-electron chi connectivity index (χ2n) is 4.78. The second kappa shape index (κ2) is 5.32. The van der Waals surface area contributed by atoms with E-state index in [9.17, 15) is 18.0 Å². The first-order valence-electron chi connectivity index (χ1n) is 6.17. The first kappa shape index (κ1) is 14.6. The summed E-state index contributed by atoms with van der Waals surface area (Å²) in [5.74, 6) is -2.26. The van der Waals surface area contributed by atoms with Gasteiger partial charge in [-0.2, -0.15) is 13.2 Å². The Bertz CT molecular complexity index is 505. The predicted molar refractivity (Wildman–Crippen MR) is 67.1 cm³/mol. The van der Waals surface area contributed by atoms with E-state index in [1.807, 2.05) is 36.1 Å². The first-order valence-corrected chi connectivity index (χ1v) is 6.17. The van der Waals surface area contributed by atoms with Gasteiger partial charge in [0.1, 0.15) is 0 Å². The van der Waals surface area contributed by atoms with Crippen LogP contribution in [0.15, 0.2) is 24.3 Å². The molecule has 0 amide bonds. The number of para-hydroxylation sites is 1. The topological polar surface area (TPSA) is 55.6 Å². The minimum Gasteiger partial charge on any atom is -0.438 e. The minimum atomic E-state index is -5.02. The van der Waals surface area contributed by atoms with Crippen LogP contribution in [0.4, 0.5) is 18.9 Å². The average molecular weight is 288 g/mol. The predicted octanol–water partition coefficient (Wildman–Crippen LogP) is 1.83. The molecule has 0 spiro atoms. The van der Waals surface area contributed by atoms with Gasteiger partial charge in [-0.05, 0) is 25.0 Å². The normalized spacial score (nSPS) is 19.6. The lowest BCUT2D eigenvalue weighted by atomic mass is 10.1. The summed E-state index contributed by atoms with van der Waals surface area (Å²) >= 11 is 0. The number of rotatable bonds is 3. The molecule has 1 aromatic rings. The van der Waals surface area contributed by atoms with E-state index in [0.717, 1.165) is 17.7 Å². The van der Waals surface area contributed by atoms with Gasteiger partial charge < -0.3 is 9.64 Å². The molecule has 0 radical (unpaired) electrons. The number of carbonyl (C=O) groups is 1. The molecule has 1 aromatic carbocycles. The third kappa shape index (κ3) is 3.04. The number of nitrogens with two attached hydrogens (primary N) is 1. The van der Waals surface area contributed by atoms with Crippen LogP contribution in [0.2, 0.25) is 0 Å². The number of benzene rings is 1. The molecule has 0 fully saturated rings. The standard InChI is InChI=1S/C13H15F3N2O2/c1-8-6-9-4-2-3-5-10(9)18(8)7-11(17)20-12(19)13(14,15)16/h2-5,8,11H,6-7,17H2,1H3. The molecule has 7 heteroatoms. The Kier molecular flexibility index (Phi) is 3.89. The number of halogens is 3. The van der Waals surface area contributed by atoms with Crippen molar-refractivity contribution in [3.8, 4) is 0 Å². The van der Waals surface area contributed by atoms with Gasteiger partial charge in [0.25, 0.3) is 0 Å².